The zero-order valence-electron chi connectivity index (χ0n) is 14.2. The van der Waals surface area contributed by atoms with E-state index >= 15 is 0 Å². The second kappa shape index (κ2) is 7.14. The number of nitrogens with zero attached hydrogens (tertiary/aromatic N) is 2. The molecule has 3 rings (SSSR count). The van der Waals surface area contributed by atoms with Gasteiger partial charge in [-0.25, -0.2) is 0 Å². The molecule has 1 atom stereocenters. The molecule has 1 aromatic carbocycles. The summed E-state index contributed by atoms with van der Waals surface area (Å²) in [4.78, 5) is 14.1. The van der Waals surface area contributed by atoms with Crippen LogP contribution in [0.4, 0.5) is 0 Å². The standard InChI is InChI=1S/C20H26N2O/c1-16(23)19-13-20(21(2)14-19)15-22-11-6-9-18(10-12-22)17-7-4-3-5-8-17/h3-5,7-8,13-14,18H,6,9-12,15H2,1-2H3/t18-/m0/s1. The SMILES string of the molecule is CC(=O)c1cc(CN2CCC[C@H](c3ccccc3)CC2)n(C)c1. The average molecular weight is 310 g/mol. The minimum atomic E-state index is 0.145. The van der Waals surface area contributed by atoms with Gasteiger partial charge >= 0.3 is 0 Å². The van der Waals surface area contributed by atoms with Gasteiger partial charge in [-0.15, -0.1) is 0 Å². The third-order valence-electron chi connectivity index (χ3n) is 4.99. The highest BCUT2D eigenvalue weighted by molar-refractivity contribution is 5.94. The van der Waals surface area contributed by atoms with Gasteiger partial charge < -0.3 is 4.57 Å². The fourth-order valence-electron chi connectivity index (χ4n) is 3.56. The molecule has 122 valence electrons. The molecule has 0 bridgehead atoms. The fourth-order valence-corrected chi connectivity index (χ4v) is 3.56. The van der Waals surface area contributed by atoms with E-state index in [4.69, 9.17) is 0 Å². The Balaban J connectivity index is 1.63. The predicted molar refractivity (Wildman–Crippen MR) is 93.7 cm³/mol. The number of rotatable bonds is 4. The maximum absolute atomic E-state index is 11.5. The second-order valence-electron chi connectivity index (χ2n) is 6.70. The van der Waals surface area contributed by atoms with Crippen molar-refractivity contribution in [3.63, 3.8) is 0 Å². The Bertz CT molecular complexity index is 660. The van der Waals surface area contributed by atoms with Crippen molar-refractivity contribution in [3.05, 3.63) is 59.4 Å². The van der Waals surface area contributed by atoms with Crippen molar-refractivity contribution in [1.29, 1.82) is 0 Å². The summed E-state index contributed by atoms with van der Waals surface area (Å²) in [5, 5.41) is 0. The van der Waals surface area contributed by atoms with Gasteiger partial charge in [0.2, 0.25) is 0 Å². The molecule has 0 amide bonds. The van der Waals surface area contributed by atoms with Crippen LogP contribution in [0.2, 0.25) is 0 Å². The molecule has 0 radical (unpaired) electrons. The van der Waals surface area contributed by atoms with Gasteiger partial charge in [-0.3, -0.25) is 9.69 Å². The number of ketones is 1. The molecule has 1 aliphatic heterocycles. The van der Waals surface area contributed by atoms with Crippen LogP contribution in [0.3, 0.4) is 0 Å². The van der Waals surface area contributed by atoms with E-state index in [0.717, 1.165) is 25.2 Å². The van der Waals surface area contributed by atoms with Gasteiger partial charge in [0, 0.05) is 31.0 Å². The first-order chi connectivity index (χ1) is 11.1. The van der Waals surface area contributed by atoms with Gasteiger partial charge in [0.25, 0.3) is 0 Å². The third-order valence-corrected chi connectivity index (χ3v) is 4.99. The van der Waals surface area contributed by atoms with Crippen molar-refractivity contribution >= 4 is 5.78 Å². The molecule has 2 heterocycles. The quantitative estimate of drug-likeness (QED) is 0.798. The van der Waals surface area contributed by atoms with E-state index in [1.54, 1.807) is 6.92 Å². The van der Waals surface area contributed by atoms with Crippen molar-refractivity contribution in [2.75, 3.05) is 13.1 Å². The number of benzene rings is 1. The van der Waals surface area contributed by atoms with Crippen LogP contribution in [0.15, 0.2) is 42.6 Å². The van der Waals surface area contributed by atoms with Crippen molar-refractivity contribution in [2.24, 2.45) is 7.05 Å². The maximum atomic E-state index is 11.5. The smallest absolute Gasteiger partial charge is 0.161 e. The molecule has 2 aromatic rings. The highest BCUT2D eigenvalue weighted by Gasteiger charge is 2.19. The second-order valence-corrected chi connectivity index (χ2v) is 6.70. The number of Topliss-reactive ketones (excluding diaryl/α,β-unsaturated/α-hetero) is 1. The molecule has 1 aliphatic rings. The topological polar surface area (TPSA) is 25.2 Å². The summed E-state index contributed by atoms with van der Waals surface area (Å²) in [6, 6.07) is 12.9. The van der Waals surface area contributed by atoms with E-state index in [1.165, 1.54) is 30.5 Å². The first-order valence-corrected chi connectivity index (χ1v) is 8.57. The van der Waals surface area contributed by atoms with Crippen LogP contribution >= 0.6 is 0 Å². The van der Waals surface area contributed by atoms with Gasteiger partial charge in [0.15, 0.2) is 5.78 Å². The summed E-state index contributed by atoms with van der Waals surface area (Å²) >= 11 is 0. The van der Waals surface area contributed by atoms with E-state index < -0.39 is 0 Å². The Morgan fingerprint density at radius 1 is 1.17 bits per heavy atom. The van der Waals surface area contributed by atoms with Crippen LogP contribution in [0, 0.1) is 0 Å². The molecular weight excluding hydrogens is 284 g/mol. The lowest BCUT2D eigenvalue weighted by molar-refractivity contribution is 0.101. The lowest BCUT2D eigenvalue weighted by Crippen LogP contribution is -2.25. The minimum absolute atomic E-state index is 0.145. The summed E-state index contributed by atoms with van der Waals surface area (Å²) in [5.74, 6) is 0.828. The molecule has 0 N–H and O–H groups in total. The Hall–Kier alpha value is -1.87. The number of aromatic nitrogens is 1. The molecule has 0 aliphatic carbocycles. The van der Waals surface area contributed by atoms with Crippen LogP contribution in [-0.2, 0) is 13.6 Å². The number of hydrogen-bond acceptors (Lipinski definition) is 2. The zero-order valence-corrected chi connectivity index (χ0v) is 14.2. The Morgan fingerprint density at radius 2 is 1.96 bits per heavy atom. The van der Waals surface area contributed by atoms with Crippen LogP contribution in [0.5, 0.6) is 0 Å². The predicted octanol–water partition coefficient (Wildman–Crippen LogP) is 4.00. The van der Waals surface area contributed by atoms with E-state index in [9.17, 15) is 4.79 Å². The first kappa shape index (κ1) is 16.0. The lowest BCUT2D eigenvalue weighted by Gasteiger charge is -2.20. The summed E-state index contributed by atoms with van der Waals surface area (Å²) < 4.78 is 2.09. The summed E-state index contributed by atoms with van der Waals surface area (Å²) in [7, 11) is 2.03. The Labute approximate surface area is 138 Å². The van der Waals surface area contributed by atoms with Gasteiger partial charge in [0.1, 0.15) is 0 Å². The molecular formula is C20H26N2O. The van der Waals surface area contributed by atoms with Gasteiger partial charge in [0.05, 0.1) is 0 Å². The van der Waals surface area contributed by atoms with Crippen molar-refractivity contribution in [1.82, 2.24) is 9.47 Å². The zero-order chi connectivity index (χ0) is 16.2. The Kier molecular flexibility index (Phi) is 4.97. The van der Waals surface area contributed by atoms with Crippen LogP contribution < -0.4 is 0 Å². The molecule has 3 nitrogen and oxygen atoms in total. The van der Waals surface area contributed by atoms with Gasteiger partial charge in [-0.2, -0.15) is 0 Å². The van der Waals surface area contributed by atoms with E-state index in [1.807, 2.05) is 19.3 Å². The first-order valence-electron chi connectivity index (χ1n) is 8.57. The molecule has 3 heteroatoms. The number of aryl methyl sites for hydroxylation is 1. The number of carbonyl (C=O) groups is 1. The monoisotopic (exact) mass is 310 g/mol. The Morgan fingerprint density at radius 3 is 2.65 bits per heavy atom. The van der Waals surface area contributed by atoms with E-state index in [-0.39, 0.29) is 5.78 Å². The van der Waals surface area contributed by atoms with Crippen LogP contribution in [-0.4, -0.2) is 28.3 Å². The van der Waals surface area contributed by atoms with Crippen molar-refractivity contribution in [3.8, 4) is 0 Å². The van der Waals surface area contributed by atoms with Crippen LogP contribution in [0.1, 0.15) is 53.7 Å². The molecule has 0 saturated carbocycles. The van der Waals surface area contributed by atoms with Gasteiger partial charge in [-0.1, -0.05) is 30.3 Å². The third kappa shape index (κ3) is 3.91. The van der Waals surface area contributed by atoms with Crippen LogP contribution in [0.25, 0.3) is 0 Å². The molecule has 1 fully saturated rings. The minimum Gasteiger partial charge on any atom is -0.353 e. The largest absolute Gasteiger partial charge is 0.353 e. The molecule has 0 unspecified atom stereocenters. The molecule has 1 aromatic heterocycles. The summed E-state index contributed by atoms with van der Waals surface area (Å²) in [6.45, 7) is 4.84. The fraction of sp³-hybridized carbons (Fsp3) is 0.450. The number of hydrogen-bond donors (Lipinski definition) is 0. The molecule has 1 saturated heterocycles. The van der Waals surface area contributed by atoms with E-state index in [2.05, 4.69) is 39.8 Å². The number of carbonyl (C=O) groups excluding carboxylic acids is 1. The lowest BCUT2D eigenvalue weighted by atomic mass is 9.92. The number of likely N-dealkylation sites (tertiary alicyclic amines) is 1. The molecule has 0 spiro atoms. The summed E-state index contributed by atoms with van der Waals surface area (Å²) in [6.07, 6.45) is 5.67. The average Bonchev–Trinajstić information content (AvgIpc) is 2.77. The highest BCUT2D eigenvalue weighted by Crippen LogP contribution is 2.28. The van der Waals surface area contributed by atoms with Gasteiger partial charge in [-0.05, 0) is 56.8 Å². The summed E-state index contributed by atoms with van der Waals surface area (Å²) in [5.41, 5.74) is 3.53. The maximum Gasteiger partial charge on any atom is 0.161 e. The van der Waals surface area contributed by atoms with Crippen molar-refractivity contribution < 1.29 is 4.79 Å². The van der Waals surface area contributed by atoms with Crippen molar-refractivity contribution in [2.45, 2.75) is 38.6 Å². The van der Waals surface area contributed by atoms with E-state index in [0.29, 0.717) is 5.92 Å². The highest BCUT2D eigenvalue weighted by atomic mass is 16.1. The normalized spacial score (nSPS) is 19.5. The molecule has 23 heavy (non-hydrogen) atoms.